The Labute approximate surface area is 107 Å². The van der Waals surface area contributed by atoms with Gasteiger partial charge in [0, 0.05) is 18.7 Å². The van der Waals surface area contributed by atoms with Gasteiger partial charge in [-0.2, -0.15) is 0 Å². The summed E-state index contributed by atoms with van der Waals surface area (Å²) < 4.78 is 0. The zero-order valence-corrected chi connectivity index (χ0v) is 10.9. The van der Waals surface area contributed by atoms with Crippen LogP contribution in [0, 0.1) is 13.8 Å². The van der Waals surface area contributed by atoms with Crippen LogP contribution in [-0.2, 0) is 4.79 Å². The van der Waals surface area contributed by atoms with E-state index < -0.39 is 0 Å². The molecule has 0 aliphatic carbocycles. The number of aromatic nitrogens is 2. The van der Waals surface area contributed by atoms with E-state index in [0.717, 1.165) is 31.5 Å². The fourth-order valence-electron chi connectivity index (χ4n) is 2.06. The largest absolute Gasteiger partial charge is 0.383 e. The molecule has 3 N–H and O–H groups in total. The molecular weight excluding hydrogens is 230 g/mol. The minimum absolute atomic E-state index is 0.113. The predicted octanol–water partition coefficient (Wildman–Crippen LogP) is 0.710. The monoisotopic (exact) mass is 249 g/mol. The lowest BCUT2D eigenvalue weighted by Gasteiger charge is -2.16. The lowest BCUT2D eigenvalue weighted by molar-refractivity contribution is -0.128. The minimum atomic E-state index is 0.113. The maximum absolute atomic E-state index is 11.9. The summed E-state index contributed by atoms with van der Waals surface area (Å²) in [6.45, 7) is 5.62. The Morgan fingerprint density at radius 2 is 2.00 bits per heavy atom. The Morgan fingerprint density at radius 1 is 1.33 bits per heavy atom. The Balaban J connectivity index is 1.99. The third-order valence-corrected chi connectivity index (χ3v) is 3.16. The quantitative estimate of drug-likeness (QED) is 0.824. The van der Waals surface area contributed by atoms with Crippen molar-refractivity contribution in [2.75, 3.05) is 30.7 Å². The number of aryl methyl sites for hydroxylation is 1. The van der Waals surface area contributed by atoms with Crippen LogP contribution in [-0.4, -0.2) is 40.4 Å². The van der Waals surface area contributed by atoms with Crippen molar-refractivity contribution in [3.8, 4) is 0 Å². The lowest BCUT2D eigenvalue weighted by Crippen LogP contribution is -2.33. The van der Waals surface area contributed by atoms with Gasteiger partial charge in [-0.25, -0.2) is 9.97 Å². The molecule has 1 fully saturated rings. The van der Waals surface area contributed by atoms with E-state index in [0.29, 0.717) is 17.5 Å². The number of hydrogen-bond donors (Lipinski definition) is 2. The highest BCUT2D eigenvalue weighted by Crippen LogP contribution is 2.16. The summed E-state index contributed by atoms with van der Waals surface area (Å²) in [4.78, 5) is 22.1. The van der Waals surface area contributed by atoms with Gasteiger partial charge in [0.05, 0.1) is 6.54 Å². The molecule has 6 nitrogen and oxygen atoms in total. The molecule has 1 saturated heterocycles. The van der Waals surface area contributed by atoms with Gasteiger partial charge in [0.1, 0.15) is 17.5 Å². The lowest BCUT2D eigenvalue weighted by atomic mass is 10.3. The first-order valence-corrected chi connectivity index (χ1v) is 6.20. The fraction of sp³-hybridized carbons (Fsp3) is 0.583. The van der Waals surface area contributed by atoms with Crippen LogP contribution < -0.4 is 11.1 Å². The molecule has 18 heavy (non-hydrogen) atoms. The van der Waals surface area contributed by atoms with Crippen LogP contribution >= 0.6 is 0 Å². The smallest absolute Gasteiger partial charge is 0.241 e. The number of nitrogens with zero attached hydrogens (tertiary/aromatic N) is 3. The highest BCUT2D eigenvalue weighted by atomic mass is 16.2. The van der Waals surface area contributed by atoms with Crippen LogP contribution in [0.2, 0.25) is 0 Å². The Hall–Kier alpha value is -1.85. The molecule has 2 rings (SSSR count). The molecule has 1 amide bonds. The molecule has 0 saturated carbocycles. The molecule has 1 aliphatic heterocycles. The van der Waals surface area contributed by atoms with E-state index in [1.165, 1.54) is 0 Å². The summed E-state index contributed by atoms with van der Waals surface area (Å²) in [6.07, 6.45) is 2.20. The minimum Gasteiger partial charge on any atom is -0.383 e. The molecule has 0 bridgehead atoms. The number of carbonyl (C=O) groups excluding carboxylic acids is 1. The number of anilines is 2. The predicted molar refractivity (Wildman–Crippen MR) is 70.2 cm³/mol. The molecule has 0 unspecified atom stereocenters. The summed E-state index contributed by atoms with van der Waals surface area (Å²) in [7, 11) is 0. The van der Waals surface area contributed by atoms with E-state index in [-0.39, 0.29) is 12.5 Å². The van der Waals surface area contributed by atoms with Crippen LogP contribution in [0.15, 0.2) is 0 Å². The zero-order chi connectivity index (χ0) is 13.1. The molecule has 1 aliphatic rings. The highest BCUT2D eigenvalue weighted by Gasteiger charge is 2.18. The zero-order valence-electron chi connectivity index (χ0n) is 10.9. The summed E-state index contributed by atoms with van der Waals surface area (Å²) in [5, 5.41) is 3.05. The molecule has 1 aromatic heterocycles. The maximum Gasteiger partial charge on any atom is 0.241 e. The number of likely N-dealkylation sites (tertiary alicyclic amines) is 1. The van der Waals surface area contributed by atoms with Gasteiger partial charge in [0.2, 0.25) is 5.91 Å². The molecule has 0 spiro atoms. The summed E-state index contributed by atoms with van der Waals surface area (Å²) in [6, 6.07) is 0. The second-order valence-corrected chi connectivity index (χ2v) is 4.57. The molecule has 98 valence electrons. The van der Waals surface area contributed by atoms with E-state index in [9.17, 15) is 4.79 Å². The van der Waals surface area contributed by atoms with Crippen molar-refractivity contribution >= 4 is 17.5 Å². The van der Waals surface area contributed by atoms with Crippen molar-refractivity contribution in [2.45, 2.75) is 26.7 Å². The van der Waals surface area contributed by atoms with Gasteiger partial charge < -0.3 is 16.0 Å². The van der Waals surface area contributed by atoms with Crippen LogP contribution in [0.4, 0.5) is 11.6 Å². The third kappa shape index (κ3) is 2.69. The molecule has 0 atom stereocenters. The molecule has 0 radical (unpaired) electrons. The fourth-order valence-corrected chi connectivity index (χ4v) is 2.06. The van der Waals surface area contributed by atoms with E-state index in [1.807, 2.05) is 11.8 Å². The number of nitrogens with one attached hydrogen (secondary N) is 1. The van der Waals surface area contributed by atoms with Crippen LogP contribution in [0.25, 0.3) is 0 Å². The molecular formula is C12H19N5O. The first-order chi connectivity index (χ1) is 8.58. The van der Waals surface area contributed by atoms with Gasteiger partial charge in [-0.05, 0) is 26.7 Å². The number of nitrogen functional groups attached to an aromatic ring is 1. The number of carbonyl (C=O) groups is 1. The molecule has 0 aromatic carbocycles. The SMILES string of the molecule is Cc1nc(N)c(C)c(NCC(=O)N2CCCC2)n1. The number of amides is 1. The average Bonchev–Trinajstić information content (AvgIpc) is 2.85. The van der Waals surface area contributed by atoms with Crippen molar-refractivity contribution < 1.29 is 4.79 Å². The van der Waals surface area contributed by atoms with Gasteiger partial charge in [0.15, 0.2) is 0 Å². The van der Waals surface area contributed by atoms with Gasteiger partial charge in [0.25, 0.3) is 0 Å². The van der Waals surface area contributed by atoms with Crippen molar-refractivity contribution in [2.24, 2.45) is 0 Å². The molecule has 1 aromatic rings. The molecule has 6 heteroatoms. The standard InChI is InChI=1S/C12H19N5O/c1-8-11(13)15-9(2)16-12(8)14-7-10(18)17-5-3-4-6-17/h3-7H2,1-2H3,(H3,13,14,15,16). The van der Waals surface area contributed by atoms with Crippen molar-refractivity contribution in [1.29, 1.82) is 0 Å². The van der Waals surface area contributed by atoms with Crippen LogP contribution in [0.5, 0.6) is 0 Å². The third-order valence-electron chi connectivity index (χ3n) is 3.16. The van der Waals surface area contributed by atoms with E-state index in [2.05, 4.69) is 15.3 Å². The topological polar surface area (TPSA) is 84.1 Å². The average molecular weight is 249 g/mol. The summed E-state index contributed by atoms with van der Waals surface area (Å²) in [5.74, 6) is 1.82. The first kappa shape index (κ1) is 12.6. The van der Waals surface area contributed by atoms with Gasteiger partial charge in [-0.1, -0.05) is 0 Å². The second kappa shape index (κ2) is 5.20. The van der Waals surface area contributed by atoms with E-state index in [1.54, 1.807) is 6.92 Å². The van der Waals surface area contributed by atoms with Crippen molar-refractivity contribution in [3.63, 3.8) is 0 Å². The highest BCUT2D eigenvalue weighted by molar-refractivity contribution is 5.81. The Kier molecular flexibility index (Phi) is 3.64. The van der Waals surface area contributed by atoms with Gasteiger partial charge >= 0.3 is 0 Å². The second-order valence-electron chi connectivity index (χ2n) is 4.57. The maximum atomic E-state index is 11.9. The first-order valence-electron chi connectivity index (χ1n) is 6.20. The molecule has 2 heterocycles. The normalized spacial score (nSPS) is 14.9. The van der Waals surface area contributed by atoms with Crippen molar-refractivity contribution in [1.82, 2.24) is 14.9 Å². The summed E-state index contributed by atoms with van der Waals surface area (Å²) in [5.41, 5.74) is 6.55. The van der Waals surface area contributed by atoms with E-state index in [4.69, 9.17) is 5.73 Å². The van der Waals surface area contributed by atoms with Gasteiger partial charge in [-0.3, -0.25) is 4.79 Å². The Morgan fingerprint density at radius 3 is 2.67 bits per heavy atom. The van der Waals surface area contributed by atoms with Crippen LogP contribution in [0.3, 0.4) is 0 Å². The van der Waals surface area contributed by atoms with Crippen LogP contribution in [0.1, 0.15) is 24.2 Å². The van der Waals surface area contributed by atoms with Gasteiger partial charge in [-0.15, -0.1) is 0 Å². The summed E-state index contributed by atoms with van der Waals surface area (Å²) >= 11 is 0. The Bertz CT molecular complexity index is 454. The number of hydrogen-bond acceptors (Lipinski definition) is 5. The van der Waals surface area contributed by atoms with E-state index >= 15 is 0 Å². The van der Waals surface area contributed by atoms with Crippen molar-refractivity contribution in [3.05, 3.63) is 11.4 Å². The number of rotatable bonds is 3. The number of nitrogens with two attached hydrogens (primary N) is 1.